The second-order valence-corrected chi connectivity index (χ2v) is 13.9. The van der Waals surface area contributed by atoms with E-state index in [9.17, 15) is 22.8 Å². The molecule has 252 valence electrons. The van der Waals surface area contributed by atoms with E-state index in [1.54, 1.807) is 14.0 Å². The second-order valence-electron chi connectivity index (χ2n) is 13.9. The normalized spacial score (nSPS) is 21.9. The predicted octanol–water partition coefficient (Wildman–Crippen LogP) is 7.44. The van der Waals surface area contributed by atoms with Crippen LogP contribution in [0.3, 0.4) is 0 Å². The van der Waals surface area contributed by atoms with E-state index in [2.05, 4.69) is 10.3 Å². The number of carbonyl (C=O) groups is 2. The Labute approximate surface area is 267 Å². The molecule has 4 rings (SSSR count). The van der Waals surface area contributed by atoms with E-state index in [1.165, 1.54) is 44.6 Å². The molecule has 1 saturated heterocycles. The minimum Gasteiger partial charge on any atom is -0.471 e. The summed E-state index contributed by atoms with van der Waals surface area (Å²) >= 11 is 0. The average molecular weight is 635 g/mol. The number of aryl methyl sites for hydroxylation is 1. The van der Waals surface area contributed by atoms with Crippen LogP contribution in [0.4, 0.5) is 13.2 Å². The van der Waals surface area contributed by atoms with Crippen molar-refractivity contribution in [3.63, 3.8) is 0 Å². The number of nitrogens with zero attached hydrogens (tertiary/aromatic N) is 3. The van der Waals surface area contributed by atoms with Crippen LogP contribution in [0.5, 0.6) is 5.88 Å². The van der Waals surface area contributed by atoms with Gasteiger partial charge in [-0.25, -0.2) is 9.97 Å². The molecule has 1 aromatic carbocycles. The van der Waals surface area contributed by atoms with Crippen molar-refractivity contribution in [2.24, 2.45) is 17.3 Å². The number of carbonyl (C=O) groups excluding carboxylic acids is 2. The Morgan fingerprint density at radius 2 is 1.80 bits per heavy atom. The maximum atomic E-state index is 13.3. The van der Waals surface area contributed by atoms with E-state index in [1.807, 2.05) is 39.6 Å². The van der Waals surface area contributed by atoms with Gasteiger partial charge in [-0.05, 0) is 69.8 Å². The van der Waals surface area contributed by atoms with Gasteiger partial charge in [-0.3, -0.25) is 9.69 Å². The monoisotopic (exact) mass is 634 g/mol. The molecule has 4 atom stereocenters. The number of fused-ring (bicyclic) bond motifs is 1. The molecule has 0 spiro atoms. The fourth-order valence-corrected chi connectivity index (χ4v) is 6.84. The highest BCUT2D eigenvalue weighted by molar-refractivity contribution is 5.82. The van der Waals surface area contributed by atoms with Crippen LogP contribution in [0.1, 0.15) is 104 Å². The third kappa shape index (κ3) is 10.2. The molecule has 2 aliphatic rings. The summed E-state index contributed by atoms with van der Waals surface area (Å²) in [7, 11) is 3.70. The Morgan fingerprint density at radius 1 is 1.11 bits per heavy atom. The lowest BCUT2D eigenvalue weighted by molar-refractivity contribution is -0.137. The minimum atomic E-state index is -4.45. The number of likely N-dealkylation sites (N-methyl/N-ethyl adjacent to an activating group) is 2. The Kier molecular flexibility index (Phi) is 13.4. The van der Waals surface area contributed by atoms with Gasteiger partial charge in [0.1, 0.15) is 23.9 Å². The zero-order valence-electron chi connectivity index (χ0n) is 28.2. The molecule has 1 aliphatic carbocycles. The molecule has 10 heteroatoms. The molecule has 1 aliphatic heterocycles. The van der Waals surface area contributed by atoms with Crippen LogP contribution in [0, 0.1) is 17.3 Å². The molecule has 45 heavy (non-hydrogen) atoms. The van der Waals surface area contributed by atoms with Gasteiger partial charge in [0, 0.05) is 12.5 Å². The van der Waals surface area contributed by atoms with E-state index in [0.717, 1.165) is 43.6 Å². The largest absolute Gasteiger partial charge is 0.471 e. The Hall–Kier alpha value is -2.59. The first-order chi connectivity index (χ1) is 21.2. The molecule has 1 N–H and O–H groups in total. The fraction of sp³-hybridized carbons (Fsp3) is 0.714. The van der Waals surface area contributed by atoms with Crippen molar-refractivity contribution in [1.82, 2.24) is 20.2 Å². The first kappa shape index (κ1) is 36.9. The maximum absolute atomic E-state index is 13.3. The lowest BCUT2D eigenvalue weighted by atomic mass is 9.88. The third-order valence-electron chi connectivity index (χ3n) is 9.38. The summed E-state index contributed by atoms with van der Waals surface area (Å²) in [6.45, 7) is 10.3. The molecule has 1 unspecified atom stereocenters. The van der Waals surface area contributed by atoms with Crippen LogP contribution in [0.2, 0.25) is 0 Å². The number of nitrogens with one attached hydrogen (secondary N) is 1. The fourth-order valence-electron chi connectivity index (χ4n) is 6.84. The number of halogens is 3. The van der Waals surface area contributed by atoms with Crippen molar-refractivity contribution in [3.05, 3.63) is 29.5 Å². The Bertz CT molecular complexity index is 1260. The van der Waals surface area contributed by atoms with Crippen LogP contribution in [0.15, 0.2) is 18.2 Å². The molecule has 2 aromatic rings. The number of benzene rings is 1. The standard InChI is InChI=1S/C28H38F3N3O2.C7H15NO/c1-4-21-25(17-34(3)26(21)18(2)35)36-27-23(13-7-5-6-10-19-11-8-9-12-19)32-22-15-14-20(28(29,30)31)16-24(22)33-27;1-7(2,3)6(5-9)8-4/h14-16,19,21,25-26H,4-13,17H2,1-3H3;5-6,8H,1-4H3/t21-,25+,26?;6-/m11/s1. The van der Waals surface area contributed by atoms with Gasteiger partial charge in [-0.2, -0.15) is 13.2 Å². The van der Waals surface area contributed by atoms with Crippen molar-refractivity contribution in [2.45, 2.75) is 123 Å². The first-order valence-corrected chi connectivity index (χ1v) is 16.6. The number of hydrogen-bond donors (Lipinski definition) is 1. The van der Waals surface area contributed by atoms with Gasteiger partial charge in [0.25, 0.3) is 0 Å². The summed E-state index contributed by atoms with van der Waals surface area (Å²) in [4.78, 5) is 33.8. The van der Waals surface area contributed by atoms with Crippen LogP contribution in [0.25, 0.3) is 11.0 Å². The summed E-state index contributed by atoms with van der Waals surface area (Å²) in [6, 6.07) is 3.22. The molecule has 2 fully saturated rings. The van der Waals surface area contributed by atoms with E-state index in [4.69, 9.17) is 9.72 Å². The van der Waals surface area contributed by atoms with Gasteiger partial charge >= 0.3 is 6.18 Å². The van der Waals surface area contributed by atoms with Crippen molar-refractivity contribution < 1.29 is 27.5 Å². The smallest absolute Gasteiger partial charge is 0.416 e. The van der Waals surface area contributed by atoms with Crippen molar-refractivity contribution >= 4 is 23.1 Å². The summed E-state index contributed by atoms with van der Waals surface area (Å²) < 4.78 is 46.3. The van der Waals surface area contributed by atoms with Gasteiger partial charge in [-0.15, -0.1) is 0 Å². The number of ether oxygens (including phenoxy) is 1. The molecule has 0 radical (unpaired) electrons. The average Bonchev–Trinajstić information content (AvgIpc) is 3.59. The molecule has 1 saturated carbocycles. The summed E-state index contributed by atoms with van der Waals surface area (Å²) in [5.41, 5.74) is 0.586. The van der Waals surface area contributed by atoms with Crippen LogP contribution < -0.4 is 10.1 Å². The van der Waals surface area contributed by atoms with Gasteiger partial charge in [0.15, 0.2) is 0 Å². The van der Waals surface area contributed by atoms with E-state index in [-0.39, 0.29) is 40.8 Å². The zero-order valence-corrected chi connectivity index (χ0v) is 28.2. The highest BCUT2D eigenvalue weighted by Gasteiger charge is 2.43. The van der Waals surface area contributed by atoms with E-state index < -0.39 is 11.7 Å². The van der Waals surface area contributed by atoms with Crippen molar-refractivity contribution in [1.29, 1.82) is 0 Å². The molecular formula is C35H53F3N4O3. The lowest BCUT2D eigenvalue weighted by Crippen LogP contribution is -2.39. The third-order valence-corrected chi connectivity index (χ3v) is 9.38. The number of ketones is 1. The van der Waals surface area contributed by atoms with Gasteiger partial charge < -0.3 is 14.8 Å². The molecular weight excluding hydrogens is 581 g/mol. The summed E-state index contributed by atoms with van der Waals surface area (Å²) in [5, 5.41) is 2.92. The molecule has 0 amide bonds. The van der Waals surface area contributed by atoms with Gasteiger partial charge in [-0.1, -0.05) is 72.6 Å². The molecule has 7 nitrogen and oxygen atoms in total. The van der Waals surface area contributed by atoms with Crippen LogP contribution in [-0.2, 0) is 22.2 Å². The SMILES string of the molecule is CC[C@H]1C(C(C)=O)N(C)C[C@@H]1Oc1nc2cc(C(F)(F)F)ccc2nc1CCCCCC1CCCC1.CN[C@H](C=O)C(C)(C)C. The van der Waals surface area contributed by atoms with E-state index in [0.29, 0.717) is 30.1 Å². The minimum absolute atomic E-state index is 0.00855. The van der Waals surface area contributed by atoms with Gasteiger partial charge in [0.2, 0.25) is 5.88 Å². The zero-order chi connectivity index (χ0) is 33.4. The second kappa shape index (κ2) is 16.3. The van der Waals surface area contributed by atoms with Crippen molar-refractivity contribution in [2.75, 3.05) is 20.6 Å². The Morgan fingerprint density at radius 3 is 2.33 bits per heavy atom. The Balaban J connectivity index is 0.000000535. The highest BCUT2D eigenvalue weighted by atomic mass is 19.4. The lowest BCUT2D eigenvalue weighted by Gasteiger charge is -2.24. The van der Waals surface area contributed by atoms with Gasteiger partial charge in [0.05, 0.1) is 28.7 Å². The van der Waals surface area contributed by atoms with Crippen molar-refractivity contribution in [3.8, 4) is 5.88 Å². The van der Waals surface area contributed by atoms with Crippen LogP contribution in [-0.4, -0.2) is 65.8 Å². The highest BCUT2D eigenvalue weighted by Crippen LogP contribution is 2.35. The number of Topliss-reactive ketones (excluding diaryl/α,β-unsaturated/α-hetero) is 1. The number of likely N-dealkylation sites (tertiary alicyclic amines) is 1. The topological polar surface area (TPSA) is 84.4 Å². The summed E-state index contributed by atoms with van der Waals surface area (Å²) in [6.07, 6.45) is 7.52. The molecule has 0 bridgehead atoms. The predicted molar refractivity (Wildman–Crippen MR) is 172 cm³/mol. The van der Waals surface area contributed by atoms with Crippen LogP contribution >= 0.6 is 0 Å². The first-order valence-electron chi connectivity index (χ1n) is 16.6. The molecule has 2 heterocycles. The number of hydrogen-bond acceptors (Lipinski definition) is 7. The number of aldehydes is 1. The number of aromatic nitrogens is 2. The molecule has 1 aromatic heterocycles. The summed E-state index contributed by atoms with van der Waals surface area (Å²) in [5.74, 6) is 1.26. The quantitative estimate of drug-likeness (QED) is 0.192. The number of alkyl halides is 3. The maximum Gasteiger partial charge on any atom is 0.416 e. The van der Waals surface area contributed by atoms with E-state index >= 15 is 0 Å². The number of rotatable bonds is 12. The number of unbranched alkanes of at least 4 members (excludes halogenated alkanes) is 2.